The molecule has 1 saturated heterocycles. The molecule has 1 heterocycles. The van der Waals surface area contributed by atoms with E-state index in [0.29, 0.717) is 24.7 Å². The molecular weight excluding hydrogens is 162 g/mol. The Balaban J connectivity index is 2.88. The Morgan fingerprint density at radius 3 is 2.08 bits per heavy atom. The lowest BCUT2D eigenvalue weighted by molar-refractivity contribution is -0.977. The van der Waals surface area contributed by atoms with Crippen LogP contribution in [0.3, 0.4) is 0 Å². The van der Waals surface area contributed by atoms with Crippen LogP contribution in [0, 0.1) is 0 Å². The number of aliphatic hydroxyl groups excluding tert-OH is 1. The van der Waals surface area contributed by atoms with Crippen LogP contribution in [0.2, 0.25) is 0 Å². The summed E-state index contributed by atoms with van der Waals surface area (Å²) in [5, 5.41) is 9.38. The Bertz CT molecular complexity index is 157. The average Bonchev–Trinajstić information content (AvgIpc) is 2.47. The number of likely N-dealkylation sites (tertiary alicyclic amines) is 1. The van der Waals surface area contributed by atoms with E-state index < -0.39 is 0 Å². The van der Waals surface area contributed by atoms with Gasteiger partial charge in [-0.05, 0) is 27.7 Å². The van der Waals surface area contributed by atoms with Crippen molar-refractivity contribution < 1.29 is 9.59 Å². The third-order valence-electron chi connectivity index (χ3n) is 3.90. The van der Waals surface area contributed by atoms with Crippen LogP contribution in [-0.4, -0.2) is 40.9 Å². The van der Waals surface area contributed by atoms with Crippen LogP contribution in [0.15, 0.2) is 0 Å². The smallest absolute Gasteiger partial charge is 0.113 e. The number of hydrogen-bond donors (Lipinski definition) is 1. The van der Waals surface area contributed by atoms with Crippen molar-refractivity contribution in [3.8, 4) is 0 Å². The number of nitrogens with zero attached hydrogens (tertiary/aromatic N) is 1. The Morgan fingerprint density at radius 1 is 1.23 bits per heavy atom. The topological polar surface area (TPSA) is 20.2 Å². The predicted octanol–water partition coefficient (Wildman–Crippen LogP) is 1.77. The molecule has 0 amide bonds. The fraction of sp³-hybridized carbons (Fsp3) is 1.00. The molecule has 1 atom stereocenters. The molecule has 1 fully saturated rings. The van der Waals surface area contributed by atoms with Gasteiger partial charge in [-0.25, -0.2) is 0 Å². The molecule has 1 N–H and O–H groups in total. The first-order valence-electron chi connectivity index (χ1n) is 5.53. The molecule has 2 nitrogen and oxygen atoms in total. The fourth-order valence-electron chi connectivity index (χ4n) is 3.22. The minimum atomic E-state index is 0.357. The van der Waals surface area contributed by atoms with E-state index in [1.165, 1.54) is 19.4 Å². The maximum Gasteiger partial charge on any atom is 0.113 e. The van der Waals surface area contributed by atoms with E-state index in [-0.39, 0.29) is 0 Å². The van der Waals surface area contributed by atoms with Crippen LogP contribution in [0.25, 0.3) is 0 Å². The summed E-state index contributed by atoms with van der Waals surface area (Å²) in [6, 6.07) is 1.76. The van der Waals surface area contributed by atoms with Crippen molar-refractivity contribution in [2.45, 2.75) is 58.7 Å². The lowest BCUT2D eigenvalue weighted by Crippen LogP contribution is -2.61. The molecule has 0 saturated carbocycles. The van der Waals surface area contributed by atoms with Crippen molar-refractivity contribution >= 4 is 0 Å². The van der Waals surface area contributed by atoms with Crippen molar-refractivity contribution in [1.82, 2.24) is 0 Å². The molecule has 0 radical (unpaired) electrons. The minimum Gasteiger partial charge on any atom is -0.390 e. The highest BCUT2D eigenvalue weighted by Gasteiger charge is 2.45. The van der Waals surface area contributed by atoms with Gasteiger partial charge in [-0.1, -0.05) is 0 Å². The normalized spacial score (nSPS) is 27.5. The highest BCUT2D eigenvalue weighted by molar-refractivity contribution is 4.71. The van der Waals surface area contributed by atoms with Crippen molar-refractivity contribution in [1.29, 1.82) is 0 Å². The van der Waals surface area contributed by atoms with Crippen molar-refractivity contribution in [2.24, 2.45) is 0 Å². The van der Waals surface area contributed by atoms with Gasteiger partial charge >= 0.3 is 0 Å². The fourth-order valence-corrected chi connectivity index (χ4v) is 3.22. The molecule has 0 aromatic heterocycles. The van der Waals surface area contributed by atoms with Gasteiger partial charge in [0, 0.05) is 12.8 Å². The summed E-state index contributed by atoms with van der Waals surface area (Å²) in [5.41, 5.74) is 0. The highest BCUT2D eigenvalue weighted by Crippen LogP contribution is 2.33. The van der Waals surface area contributed by atoms with Gasteiger partial charge in [0.1, 0.15) is 6.04 Å². The summed E-state index contributed by atoms with van der Waals surface area (Å²) in [6.07, 6.45) is 2.48. The van der Waals surface area contributed by atoms with Gasteiger partial charge < -0.3 is 9.59 Å². The van der Waals surface area contributed by atoms with Crippen LogP contribution >= 0.6 is 0 Å². The molecule has 0 aliphatic carbocycles. The molecule has 0 unspecified atom stereocenters. The first kappa shape index (κ1) is 11.0. The summed E-state index contributed by atoms with van der Waals surface area (Å²) < 4.78 is 1.12. The van der Waals surface area contributed by atoms with Gasteiger partial charge in [0.15, 0.2) is 0 Å². The molecule has 2 heteroatoms. The summed E-state index contributed by atoms with van der Waals surface area (Å²) in [4.78, 5) is 0. The van der Waals surface area contributed by atoms with Gasteiger partial charge in [-0.15, -0.1) is 0 Å². The largest absolute Gasteiger partial charge is 0.390 e. The molecule has 0 aromatic rings. The summed E-state index contributed by atoms with van der Waals surface area (Å²) >= 11 is 0. The number of rotatable bonds is 3. The molecule has 0 aromatic carbocycles. The zero-order valence-corrected chi connectivity index (χ0v) is 9.45. The Morgan fingerprint density at radius 2 is 1.77 bits per heavy atom. The second-order valence-corrected chi connectivity index (χ2v) is 4.88. The van der Waals surface area contributed by atoms with Crippen LogP contribution in [-0.2, 0) is 0 Å². The monoisotopic (exact) mass is 186 g/mol. The standard InChI is InChI=1S/C11H24NO/c1-9(2)12(10(3)4)7-5-6-11(12)8-13/h9-11,13H,5-8H2,1-4H3/q+1/t11-/m0/s1. The number of hydrogen-bond acceptors (Lipinski definition) is 1. The summed E-state index contributed by atoms with van der Waals surface area (Å²) in [5.74, 6) is 0. The van der Waals surface area contributed by atoms with Gasteiger partial charge in [0.05, 0.1) is 25.2 Å². The number of aliphatic hydroxyl groups is 1. The second-order valence-electron chi connectivity index (χ2n) is 4.88. The first-order chi connectivity index (χ1) is 6.05. The van der Waals surface area contributed by atoms with Crippen molar-refractivity contribution in [2.75, 3.05) is 13.2 Å². The quantitative estimate of drug-likeness (QED) is 0.666. The SMILES string of the molecule is CC(C)[N+]1(C(C)C)CCC[C@H]1CO. The van der Waals surface area contributed by atoms with E-state index in [0.717, 1.165) is 4.48 Å². The van der Waals surface area contributed by atoms with E-state index in [4.69, 9.17) is 0 Å². The zero-order valence-electron chi connectivity index (χ0n) is 9.45. The highest BCUT2D eigenvalue weighted by atomic mass is 16.3. The summed E-state index contributed by atoms with van der Waals surface area (Å²) in [6.45, 7) is 10.8. The minimum absolute atomic E-state index is 0.357. The Kier molecular flexibility index (Phi) is 3.36. The third-order valence-corrected chi connectivity index (χ3v) is 3.90. The Labute approximate surface area is 82.1 Å². The van der Waals surface area contributed by atoms with E-state index in [1.54, 1.807) is 0 Å². The van der Waals surface area contributed by atoms with Crippen LogP contribution in [0.4, 0.5) is 0 Å². The van der Waals surface area contributed by atoms with Gasteiger partial charge in [-0.2, -0.15) is 0 Å². The van der Waals surface area contributed by atoms with Crippen molar-refractivity contribution in [3.63, 3.8) is 0 Å². The Hall–Kier alpha value is -0.0800. The van der Waals surface area contributed by atoms with E-state index in [2.05, 4.69) is 27.7 Å². The first-order valence-corrected chi connectivity index (χ1v) is 5.53. The lowest BCUT2D eigenvalue weighted by Gasteiger charge is -2.46. The molecule has 1 rings (SSSR count). The van der Waals surface area contributed by atoms with Gasteiger partial charge in [0.2, 0.25) is 0 Å². The predicted molar refractivity (Wildman–Crippen MR) is 55.5 cm³/mol. The second kappa shape index (κ2) is 3.97. The van der Waals surface area contributed by atoms with E-state index >= 15 is 0 Å². The van der Waals surface area contributed by atoms with Crippen LogP contribution in [0.5, 0.6) is 0 Å². The third kappa shape index (κ3) is 1.62. The van der Waals surface area contributed by atoms with Gasteiger partial charge in [0.25, 0.3) is 0 Å². The van der Waals surface area contributed by atoms with Crippen LogP contribution < -0.4 is 0 Å². The van der Waals surface area contributed by atoms with Gasteiger partial charge in [-0.3, -0.25) is 0 Å². The van der Waals surface area contributed by atoms with Crippen molar-refractivity contribution in [3.05, 3.63) is 0 Å². The molecule has 13 heavy (non-hydrogen) atoms. The molecule has 0 spiro atoms. The maximum absolute atomic E-state index is 9.38. The molecule has 1 aliphatic rings. The maximum atomic E-state index is 9.38. The van der Waals surface area contributed by atoms with E-state index in [9.17, 15) is 5.11 Å². The summed E-state index contributed by atoms with van der Waals surface area (Å²) in [7, 11) is 0. The molecule has 0 bridgehead atoms. The lowest BCUT2D eigenvalue weighted by atomic mass is 10.1. The zero-order chi connectivity index (χ0) is 10.1. The average molecular weight is 186 g/mol. The molecule has 1 aliphatic heterocycles. The molecular formula is C11H24NO+. The van der Waals surface area contributed by atoms with E-state index in [1.807, 2.05) is 0 Å². The molecule has 78 valence electrons. The number of quaternary nitrogens is 1. The van der Waals surface area contributed by atoms with Crippen LogP contribution in [0.1, 0.15) is 40.5 Å².